The zero-order valence-corrected chi connectivity index (χ0v) is 10.4. The molecule has 1 aliphatic carbocycles. The van der Waals surface area contributed by atoms with Crippen molar-refractivity contribution >= 4 is 11.8 Å². The summed E-state index contributed by atoms with van der Waals surface area (Å²) < 4.78 is 0. The van der Waals surface area contributed by atoms with E-state index >= 15 is 0 Å². The van der Waals surface area contributed by atoms with Crippen molar-refractivity contribution in [3.05, 3.63) is 0 Å². The van der Waals surface area contributed by atoms with E-state index in [2.05, 4.69) is 6.07 Å². The van der Waals surface area contributed by atoms with Gasteiger partial charge < -0.3 is 0 Å². The van der Waals surface area contributed by atoms with E-state index in [1.165, 1.54) is 4.90 Å². The first-order valence-corrected chi connectivity index (χ1v) is 6.33. The molecule has 0 radical (unpaired) electrons. The van der Waals surface area contributed by atoms with Gasteiger partial charge in [-0.05, 0) is 12.8 Å². The molecular weight excluding hydrogens is 216 g/mol. The SMILES string of the molecule is CC1C(=O)N(C2(C#N)CCCCC2)C(=O)C1C. The molecule has 2 fully saturated rings. The van der Waals surface area contributed by atoms with Crippen LogP contribution in [0.25, 0.3) is 0 Å². The Bertz CT molecular complexity index is 371. The number of carbonyl (C=O) groups is 2. The molecule has 1 saturated heterocycles. The van der Waals surface area contributed by atoms with Gasteiger partial charge in [-0.2, -0.15) is 5.26 Å². The molecule has 2 aliphatic rings. The van der Waals surface area contributed by atoms with Crippen LogP contribution in [0, 0.1) is 23.2 Å². The third kappa shape index (κ3) is 1.65. The number of imide groups is 1. The van der Waals surface area contributed by atoms with Gasteiger partial charge in [0.05, 0.1) is 6.07 Å². The molecule has 1 saturated carbocycles. The van der Waals surface area contributed by atoms with Crippen molar-refractivity contribution in [3.8, 4) is 6.07 Å². The first-order chi connectivity index (χ1) is 8.03. The average Bonchev–Trinajstić information content (AvgIpc) is 2.55. The number of hydrogen-bond donors (Lipinski definition) is 0. The van der Waals surface area contributed by atoms with Gasteiger partial charge in [-0.1, -0.05) is 33.1 Å². The molecule has 4 heteroatoms. The number of nitrogens with zero attached hydrogens (tertiary/aromatic N) is 2. The predicted molar refractivity (Wildman–Crippen MR) is 61.6 cm³/mol. The lowest BCUT2D eigenvalue weighted by Gasteiger charge is -2.37. The molecule has 2 rings (SSSR count). The largest absolute Gasteiger partial charge is 0.274 e. The van der Waals surface area contributed by atoms with Gasteiger partial charge in [-0.25, -0.2) is 0 Å². The fourth-order valence-electron chi connectivity index (χ4n) is 2.89. The van der Waals surface area contributed by atoms with Gasteiger partial charge in [-0.15, -0.1) is 0 Å². The molecule has 0 spiro atoms. The summed E-state index contributed by atoms with van der Waals surface area (Å²) in [5.74, 6) is -0.888. The Balaban J connectivity index is 2.35. The summed E-state index contributed by atoms with van der Waals surface area (Å²) in [6.07, 6.45) is 4.21. The van der Waals surface area contributed by atoms with E-state index < -0.39 is 5.54 Å². The molecule has 0 aromatic carbocycles. The lowest BCUT2D eigenvalue weighted by Crippen LogP contribution is -2.52. The highest BCUT2D eigenvalue weighted by atomic mass is 16.2. The molecule has 92 valence electrons. The van der Waals surface area contributed by atoms with Crippen LogP contribution < -0.4 is 0 Å². The first-order valence-electron chi connectivity index (χ1n) is 6.33. The number of hydrogen-bond acceptors (Lipinski definition) is 3. The first kappa shape index (κ1) is 12.1. The minimum atomic E-state index is -0.856. The fourth-order valence-corrected chi connectivity index (χ4v) is 2.89. The molecule has 4 nitrogen and oxygen atoms in total. The van der Waals surface area contributed by atoms with Crippen LogP contribution in [0.2, 0.25) is 0 Å². The molecular formula is C13H18N2O2. The summed E-state index contributed by atoms with van der Waals surface area (Å²) in [7, 11) is 0. The highest BCUT2D eigenvalue weighted by Crippen LogP contribution is 2.39. The Morgan fingerprint density at radius 3 is 2.00 bits per heavy atom. The second-order valence-corrected chi connectivity index (χ2v) is 5.29. The maximum Gasteiger partial charge on any atom is 0.234 e. The van der Waals surface area contributed by atoms with E-state index in [4.69, 9.17) is 0 Å². The van der Waals surface area contributed by atoms with Crippen LogP contribution in [0.4, 0.5) is 0 Å². The zero-order chi connectivity index (χ0) is 12.6. The minimum Gasteiger partial charge on any atom is -0.274 e. The topological polar surface area (TPSA) is 61.2 Å². The Morgan fingerprint density at radius 2 is 1.59 bits per heavy atom. The molecule has 17 heavy (non-hydrogen) atoms. The van der Waals surface area contributed by atoms with Gasteiger partial charge in [0.15, 0.2) is 0 Å². The van der Waals surface area contributed by atoms with Gasteiger partial charge in [-0.3, -0.25) is 14.5 Å². The molecule has 0 aromatic rings. The van der Waals surface area contributed by atoms with E-state index in [-0.39, 0.29) is 23.7 Å². The van der Waals surface area contributed by atoms with Crippen LogP contribution in [-0.4, -0.2) is 22.3 Å². The zero-order valence-electron chi connectivity index (χ0n) is 10.4. The number of likely N-dealkylation sites (tertiary alicyclic amines) is 1. The molecule has 2 unspecified atom stereocenters. The van der Waals surface area contributed by atoms with Gasteiger partial charge in [0, 0.05) is 11.8 Å². The summed E-state index contributed by atoms with van der Waals surface area (Å²) in [5.41, 5.74) is -0.856. The van der Waals surface area contributed by atoms with Crippen molar-refractivity contribution in [1.29, 1.82) is 5.26 Å². The summed E-state index contributed by atoms with van der Waals surface area (Å²) >= 11 is 0. The van der Waals surface area contributed by atoms with Crippen LogP contribution in [-0.2, 0) is 9.59 Å². The van der Waals surface area contributed by atoms with E-state index in [1.54, 1.807) is 13.8 Å². The Kier molecular flexibility index (Phi) is 2.94. The predicted octanol–water partition coefficient (Wildman–Crippen LogP) is 1.85. The maximum atomic E-state index is 12.1. The number of rotatable bonds is 1. The Labute approximate surface area is 102 Å². The highest BCUT2D eigenvalue weighted by molar-refractivity contribution is 6.05. The van der Waals surface area contributed by atoms with Crippen LogP contribution in [0.15, 0.2) is 0 Å². The molecule has 0 aromatic heterocycles. The average molecular weight is 234 g/mol. The molecule has 1 heterocycles. The Hall–Kier alpha value is -1.37. The summed E-state index contributed by atoms with van der Waals surface area (Å²) in [6.45, 7) is 3.55. The minimum absolute atomic E-state index is 0.161. The third-order valence-corrected chi connectivity index (χ3v) is 4.29. The molecule has 0 bridgehead atoms. The van der Waals surface area contributed by atoms with E-state index in [9.17, 15) is 14.9 Å². The van der Waals surface area contributed by atoms with Crippen molar-refractivity contribution < 1.29 is 9.59 Å². The van der Waals surface area contributed by atoms with Gasteiger partial charge in [0.1, 0.15) is 5.54 Å². The van der Waals surface area contributed by atoms with Gasteiger partial charge >= 0.3 is 0 Å². The second-order valence-electron chi connectivity index (χ2n) is 5.29. The number of amides is 2. The normalized spacial score (nSPS) is 32.6. The third-order valence-electron chi connectivity index (χ3n) is 4.29. The van der Waals surface area contributed by atoms with Crippen LogP contribution in [0.3, 0.4) is 0 Å². The smallest absolute Gasteiger partial charge is 0.234 e. The molecule has 1 aliphatic heterocycles. The lowest BCUT2D eigenvalue weighted by atomic mass is 9.81. The van der Waals surface area contributed by atoms with E-state index in [1.807, 2.05) is 0 Å². The van der Waals surface area contributed by atoms with Gasteiger partial charge in [0.25, 0.3) is 0 Å². The maximum absolute atomic E-state index is 12.1. The van der Waals surface area contributed by atoms with Crippen molar-refractivity contribution in [1.82, 2.24) is 4.90 Å². The van der Waals surface area contributed by atoms with Gasteiger partial charge in [0.2, 0.25) is 11.8 Å². The number of nitriles is 1. The van der Waals surface area contributed by atoms with Crippen LogP contribution in [0.1, 0.15) is 46.0 Å². The lowest BCUT2D eigenvalue weighted by molar-refractivity contribution is -0.146. The second kappa shape index (κ2) is 4.14. The van der Waals surface area contributed by atoms with Crippen LogP contribution >= 0.6 is 0 Å². The van der Waals surface area contributed by atoms with E-state index in [0.29, 0.717) is 12.8 Å². The summed E-state index contributed by atoms with van der Waals surface area (Å²) in [5, 5.41) is 9.41. The van der Waals surface area contributed by atoms with Crippen molar-refractivity contribution in [2.24, 2.45) is 11.8 Å². The fraction of sp³-hybridized carbons (Fsp3) is 0.769. The molecule has 2 amide bonds. The highest BCUT2D eigenvalue weighted by Gasteiger charge is 2.52. The van der Waals surface area contributed by atoms with Crippen molar-refractivity contribution in [3.63, 3.8) is 0 Å². The van der Waals surface area contributed by atoms with Crippen molar-refractivity contribution in [2.75, 3.05) is 0 Å². The quantitative estimate of drug-likeness (QED) is 0.650. The standard InChI is InChI=1S/C13H18N2O2/c1-9-10(2)12(17)15(11(9)16)13(8-14)6-4-3-5-7-13/h9-10H,3-7H2,1-2H3. The van der Waals surface area contributed by atoms with E-state index in [0.717, 1.165) is 19.3 Å². The summed E-state index contributed by atoms with van der Waals surface area (Å²) in [6, 6.07) is 2.25. The van der Waals surface area contributed by atoms with Crippen LogP contribution in [0.5, 0.6) is 0 Å². The molecule has 0 N–H and O–H groups in total. The summed E-state index contributed by atoms with van der Waals surface area (Å²) in [4.78, 5) is 25.6. The monoisotopic (exact) mass is 234 g/mol. The number of carbonyl (C=O) groups excluding carboxylic acids is 2. The van der Waals surface area contributed by atoms with Crippen molar-refractivity contribution in [2.45, 2.75) is 51.5 Å². The Morgan fingerprint density at radius 1 is 1.12 bits per heavy atom. The molecule has 2 atom stereocenters.